The predicted molar refractivity (Wildman–Crippen MR) is 110 cm³/mol. The summed E-state index contributed by atoms with van der Waals surface area (Å²) in [7, 11) is 1.63. The van der Waals surface area contributed by atoms with Crippen LogP contribution in [0.25, 0.3) is 17.1 Å². The van der Waals surface area contributed by atoms with Gasteiger partial charge >= 0.3 is 5.97 Å². The zero-order valence-electron chi connectivity index (χ0n) is 16.4. The molecule has 0 aliphatic carbocycles. The van der Waals surface area contributed by atoms with Crippen LogP contribution in [0.3, 0.4) is 0 Å². The number of hydrogen-bond acceptors (Lipinski definition) is 6. The van der Waals surface area contributed by atoms with Crippen molar-refractivity contribution >= 4 is 17.7 Å². The molecule has 2 aromatic carbocycles. The molecule has 0 bridgehead atoms. The fourth-order valence-corrected chi connectivity index (χ4v) is 3.55. The zero-order chi connectivity index (χ0) is 20.1. The van der Waals surface area contributed by atoms with Gasteiger partial charge in [0.05, 0.1) is 13.7 Å². The standard InChI is InChI=1S/C21H23N3O3S/c1-5-27-20(25)15(3)28-21-23-22-19(16-7-6-8-18(13-16)26-4)24(21)17-11-9-14(2)10-12-17/h6-13,15H,5H2,1-4H3. The van der Waals surface area contributed by atoms with E-state index in [-0.39, 0.29) is 5.97 Å². The van der Waals surface area contributed by atoms with Crippen LogP contribution in [0.15, 0.2) is 53.7 Å². The van der Waals surface area contributed by atoms with Gasteiger partial charge in [0.25, 0.3) is 0 Å². The lowest BCUT2D eigenvalue weighted by atomic mass is 10.2. The van der Waals surface area contributed by atoms with E-state index >= 15 is 0 Å². The molecule has 1 atom stereocenters. The average molecular weight is 398 g/mol. The highest BCUT2D eigenvalue weighted by molar-refractivity contribution is 8.00. The topological polar surface area (TPSA) is 66.2 Å². The molecular formula is C21H23N3O3S. The fraction of sp³-hybridized carbons (Fsp3) is 0.286. The van der Waals surface area contributed by atoms with Crippen molar-refractivity contribution in [2.75, 3.05) is 13.7 Å². The quantitative estimate of drug-likeness (QED) is 0.438. The van der Waals surface area contributed by atoms with E-state index in [0.29, 0.717) is 17.6 Å². The Bertz CT molecular complexity index is 954. The van der Waals surface area contributed by atoms with Crippen LogP contribution < -0.4 is 4.74 Å². The molecule has 1 unspecified atom stereocenters. The summed E-state index contributed by atoms with van der Waals surface area (Å²) in [5, 5.41) is 8.99. The zero-order valence-corrected chi connectivity index (χ0v) is 17.2. The normalized spacial score (nSPS) is 11.9. The fourth-order valence-electron chi connectivity index (χ4n) is 2.69. The highest BCUT2D eigenvalue weighted by atomic mass is 32.2. The predicted octanol–water partition coefficient (Wildman–Crippen LogP) is 4.30. The van der Waals surface area contributed by atoms with E-state index in [0.717, 1.165) is 22.6 Å². The van der Waals surface area contributed by atoms with Crippen molar-refractivity contribution in [1.29, 1.82) is 0 Å². The molecule has 0 saturated carbocycles. The molecule has 3 rings (SSSR count). The Morgan fingerprint density at radius 1 is 1.18 bits per heavy atom. The van der Waals surface area contributed by atoms with Crippen molar-refractivity contribution in [2.45, 2.75) is 31.2 Å². The molecule has 0 aliphatic rings. The minimum absolute atomic E-state index is 0.270. The molecule has 6 nitrogen and oxygen atoms in total. The number of carbonyl (C=O) groups excluding carboxylic acids is 1. The van der Waals surface area contributed by atoms with Gasteiger partial charge in [-0.1, -0.05) is 41.6 Å². The third kappa shape index (κ3) is 4.36. The second-order valence-corrected chi connectivity index (χ2v) is 7.53. The molecule has 1 heterocycles. The van der Waals surface area contributed by atoms with Crippen LogP contribution >= 0.6 is 11.8 Å². The van der Waals surface area contributed by atoms with Gasteiger partial charge in [-0.05, 0) is 45.0 Å². The maximum atomic E-state index is 12.1. The minimum Gasteiger partial charge on any atom is -0.497 e. The molecule has 0 fully saturated rings. The second kappa shape index (κ2) is 8.93. The van der Waals surface area contributed by atoms with Crippen LogP contribution in [0.5, 0.6) is 5.75 Å². The van der Waals surface area contributed by atoms with Crippen LogP contribution in [-0.2, 0) is 9.53 Å². The molecule has 3 aromatic rings. The maximum absolute atomic E-state index is 12.1. The van der Waals surface area contributed by atoms with Gasteiger partial charge in [-0.2, -0.15) is 0 Å². The Hall–Kier alpha value is -2.80. The van der Waals surface area contributed by atoms with E-state index in [1.165, 1.54) is 11.8 Å². The number of thioether (sulfide) groups is 1. The number of ether oxygens (including phenoxy) is 2. The molecule has 0 spiro atoms. The van der Waals surface area contributed by atoms with Crippen LogP contribution in [0.2, 0.25) is 0 Å². The molecule has 1 aromatic heterocycles. The highest BCUT2D eigenvalue weighted by Crippen LogP contribution is 2.31. The van der Waals surface area contributed by atoms with Gasteiger partial charge in [0.2, 0.25) is 0 Å². The lowest BCUT2D eigenvalue weighted by Crippen LogP contribution is -2.17. The monoisotopic (exact) mass is 397 g/mol. The summed E-state index contributed by atoms with van der Waals surface area (Å²) in [4.78, 5) is 12.1. The van der Waals surface area contributed by atoms with Crippen LogP contribution in [0.4, 0.5) is 0 Å². The van der Waals surface area contributed by atoms with Crippen LogP contribution in [-0.4, -0.2) is 39.7 Å². The summed E-state index contributed by atoms with van der Waals surface area (Å²) in [5.74, 6) is 1.15. The molecule has 0 radical (unpaired) electrons. The molecule has 7 heteroatoms. The lowest BCUT2D eigenvalue weighted by molar-refractivity contribution is -0.142. The van der Waals surface area contributed by atoms with Crippen LogP contribution in [0.1, 0.15) is 19.4 Å². The summed E-state index contributed by atoms with van der Waals surface area (Å²) in [6, 6.07) is 15.8. The molecule has 0 aliphatic heterocycles. The largest absolute Gasteiger partial charge is 0.497 e. The number of carbonyl (C=O) groups is 1. The summed E-state index contributed by atoms with van der Waals surface area (Å²) in [5.41, 5.74) is 2.96. The van der Waals surface area contributed by atoms with Gasteiger partial charge in [0, 0.05) is 11.3 Å². The van der Waals surface area contributed by atoms with Crippen molar-refractivity contribution in [1.82, 2.24) is 14.8 Å². The number of methoxy groups -OCH3 is 1. The maximum Gasteiger partial charge on any atom is 0.319 e. The molecule has 146 valence electrons. The first-order valence-electron chi connectivity index (χ1n) is 9.03. The Morgan fingerprint density at radius 3 is 2.61 bits per heavy atom. The van der Waals surface area contributed by atoms with Gasteiger partial charge in [0.15, 0.2) is 11.0 Å². The van der Waals surface area contributed by atoms with Crippen molar-refractivity contribution in [3.8, 4) is 22.8 Å². The number of aromatic nitrogens is 3. The average Bonchev–Trinajstić information content (AvgIpc) is 3.12. The first-order chi connectivity index (χ1) is 13.5. The summed E-state index contributed by atoms with van der Waals surface area (Å²) in [6.07, 6.45) is 0. The van der Waals surface area contributed by atoms with E-state index in [1.807, 2.05) is 66.9 Å². The summed E-state index contributed by atoms with van der Waals surface area (Å²) >= 11 is 1.33. The van der Waals surface area contributed by atoms with Gasteiger partial charge in [0.1, 0.15) is 11.0 Å². The smallest absolute Gasteiger partial charge is 0.319 e. The SMILES string of the molecule is CCOC(=O)C(C)Sc1nnc(-c2cccc(OC)c2)n1-c1ccc(C)cc1. The lowest BCUT2D eigenvalue weighted by Gasteiger charge is -2.13. The van der Waals surface area contributed by atoms with Crippen molar-refractivity contribution < 1.29 is 14.3 Å². The Kier molecular flexibility index (Phi) is 6.36. The van der Waals surface area contributed by atoms with E-state index < -0.39 is 5.25 Å². The first kappa shape index (κ1) is 19.9. The van der Waals surface area contributed by atoms with E-state index in [1.54, 1.807) is 14.0 Å². The van der Waals surface area contributed by atoms with E-state index in [2.05, 4.69) is 10.2 Å². The Labute approximate surface area is 168 Å². The minimum atomic E-state index is -0.397. The van der Waals surface area contributed by atoms with Crippen LogP contribution in [0, 0.1) is 6.92 Å². The summed E-state index contributed by atoms with van der Waals surface area (Å²) in [6.45, 7) is 5.99. The van der Waals surface area contributed by atoms with Gasteiger partial charge in [-0.25, -0.2) is 0 Å². The number of nitrogens with zero attached hydrogens (tertiary/aromatic N) is 3. The Balaban J connectivity index is 2.06. The van der Waals surface area contributed by atoms with Crippen molar-refractivity contribution in [3.63, 3.8) is 0 Å². The number of benzene rings is 2. The molecule has 0 saturated heterocycles. The van der Waals surface area contributed by atoms with Crippen molar-refractivity contribution in [3.05, 3.63) is 54.1 Å². The third-order valence-electron chi connectivity index (χ3n) is 4.15. The number of aryl methyl sites for hydroxylation is 1. The van der Waals surface area contributed by atoms with Gasteiger partial charge in [-0.15, -0.1) is 10.2 Å². The van der Waals surface area contributed by atoms with E-state index in [9.17, 15) is 4.79 Å². The van der Waals surface area contributed by atoms with E-state index in [4.69, 9.17) is 9.47 Å². The first-order valence-corrected chi connectivity index (χ1v) is 9.91. The molecule has 0 amide bonds. The number of hydrogen-bond donors (Lipinski definition) is 0. The number of rotatable bonds is 7. The highest BCUT2D eigenvalue weighted by Gasteiger charge is 2.22. The summed E-state index contributed by atoms with van der Waals surface area (Å²) < 4.78 is 12.4. The van der Waals surface area contributed by atoms with Gasteiger partial charge in [-0.3, -0.25) is 9.36 Å². The second-order valence-electron chi connectivity index (χ2n) is 6.22. The molecule has 28 heavy (non-hydrogen) atoms. The third-order valence-corrected chi connectivity index (χ3v) is 5.18. The number of esters is 1. The molecule has 0 N–H and O–H groups in total. The Morgan fingerprint density at radius 2 is 1.93 bits per heavy atom. The molecular weight excluding hydrogens is 374 g/mol. The van der Waals surface area contributed by atoms with Gasteiger partial charge < -0.3 is 9.47 Å². The van der Waals surface area contributed by atoms with Crippen molar-refractivity contribution in [2.24, 2.45) is 0 Å².